The zero-order chi connectivity index (χ0) is 25.8. The number of hydrogen-bond donors (Lipinski definition) is 1. The van der Waals surface area contributed by atoms with Gasteiger partial charge in [-0.15, -0.1) is 0 Å². The summed E-state index contributed by atoms with van der Waals surface area (Å²) in [6.45, 7) is 4.88. The van der Waals surface area contributed by atoms with Gasteiger partial charge in [0.15, 0.2) is 0 Å². The van der Waals surface area contributed by atoms with E-state index in [1.54, 1.807) is 18.2 Å². The highest BCUT2D eigenvalue weighted by molar-refractivity contribution is 5.88. The summed E-state index contributed by atoms with van der Waals surface area (Å²) in [5, 5.41) is 2.93. The fraction of sp³-hybridized carbons (Fsp3) is 0.333. The van der Waals surface area contributed by atoms with Crippen LogP contribution < -0.4 is 10.1 Å². The van der Waals surface area contributed by atoms with Crippen LogP contribution in [0.1, 0.15) is 42.9 Å². The third kappa shape index (κ3) is 8.22. The largest absolute Gasteiger partial charge is 0.494 e. The Morgan fingerprint density at radius 1 is 0.972 bits per heavy atom. The zero-order valence-corrected chi connectivity index (χ0v) is 21.1. The Labute approximate surface area is 213 Å². The van der Waals surface area contributed by atoms with Gasteiger partial charge in [0.1, 0.15) is 17.6 Å². The normalized spacial score (nSPS) is 11.5. The lowest BCUT2D eigenvalue weighted by Crippen LogP contribution is -2.50. The number of ether oxygens (including phenoxy) is 1. The van der Waals surface area contributed by atoms with E-state index in [-0.39, 0.29) is 24.8 Å². The van der Waals surface area contributed by atoms with E-state index >= 15 is 0 Å². The van der Waals surface area contributed by atoms with E-state index in [0.717, 1.165) is 23.3 Å². The number of nitrogens with zero attached hydrogens (tertiary/aromatic N) is 1. The second-order valence-corrected chi connectivity index (χ2v) is 8.87. The van der Waals surface area contributed by atoms with Crippen molar-refractivity contribution >= 4 is 11.8 Å². The first-order chi connectivity index (χ1) is 17.5. The minimum atomic E-state index is -0.760. The third-order valence-corrected chi connectivity index (χ3v) is 5.94. The molecule has 1 atom stereocenters. The highest BCUT2D eigenvalue weighted by Crippen LogP contribution is 2.18. The van der Waals surface area contributed by atoms with Gasteiger partial charge in [-0.2, -0.15) is 0 Å². The van der Waals surface area contributed by atoms with Gasteiger partial charge < -0.3 is 15.0 Å². The van der Waals surface area contributed by atoms with E-state index in [2.05, 4.69) is 5.32 Å². The Morgan fingerprint density at radius 3 is 2.36 bits per heavy atom. The van der Waals surface area contributed by atoms with Crippen LogP contribution in [-0.2, 0) is 22.6 Å². The number of benzene rings is 3. The Morgan fingerprint density at radius 2 is 1.67 bits per heavy atom. The molecule has 0 heterocycles. The maximum Gasteiger partial charge on any atom is 0.243 e. The van der Waals surface area contributed by atoms with Crippen LogP contribution in [0.5, 0.6) is 5.75 Å². The van der Waals surface area contributed by atoms with E-state index in [4.69, 9.17) is 4.74 Å². The average Bonchev–Trinajstić information content (AvgIpc) is 2.89. The third-order valence-electron chi connectivity index (χ3n) is 5.94. The summed E-state index contributed by atoms with van der Waals surface area (Å²) >= 11 is 0. The molecule has 3 aromatic rings. The van der Waals surface area contributed by atoms with Crippen molar-refractivity contribution in [2.45, 2.75) is 52.1 Å². The summed E-state index contributed by atoms with van der Waals surface area (Å²) in [5.41, 5.74) is 2.46. The van der Waals surface area contributed by atoms with Gasteiger partial charge >= 0.3 is 0 Å². The molecule has 190 valence electrons. The van der Waals surface area contributed by atoms with Crippen molar-refractivity contribution in [1.82, 2.24) is 10.2 Å². The van der Waals surface area contributed by atoms with Gasteiger partial charge in [-0.05, 0) is 43.5 Å². The van der Waals surface area contributed by atoms with Crippen LogP contribution in [0, 0.1) is 12.7 Å². The molecule has 0 radical (unpaired) electrons. The first-order valence-corrected chi connectivity index (χ1v) is 12.5. The number of hydrogen-bond acceptors (Lipinski definition) is 3. The van der Waals surface area contributed by atoms with Crippen molar-refractivity contribution in [3.63, 3.8) is 0 Å². The standard InChI is InChI=1S/C30H35FN2O3/c1-3-19-32-30(35)28(21-24-10-5-4-6-11-24)33(22-25-12-7-8-13-27(25)31)29(34)14-9-20-36-26-17-15-23(2)16-18-26/h4-8,10-13,15-18,28H,3,9,14,19-22H2,1-2H3,(H,32,35)/t28-/m0/s1. The van der Waals surface area contributed by atoms with Crippen LogP contribution in [0.2, 0.25) is 0 Å². The van der Waals surface area contributed by atoms with Crippen LogP contribution in [0.15, 0.2) is 78.9 Å². The molecule has 0 aromatic heterocycles. The van der Waals surface area contributed by atoms with Crippen molar-refractivity contribution in [1.29, 1.82) is 0 Å². The van der Waals surface area contributed by atoms with Gasteiger partial charge in [0.2, 0.25) is 11.8 Å². The summed E-state index contributed by atoms with van der Waals surface area (Å²) in [6, 6.07) is 22.9. The molecule has 36 heavy (non-hydrogen) atoms. The number of carbonyl (C=O) groups excluding carboxylic acids is 2. The van der Waals surface area contributed by atoms with Crippen LogP contribution >= 0.6 is 0 Å². The van der Waals surface area contributed by atoms with Crippen molar-refractivity contribution in [3.05, 3.63) is 101 Å². The number of aryl methyl sites for hydroxylation is 1. The van der Waals surface area contributed by atoms with Gasteiger partial charge in [-0.3, -0.25) is 9.59 Å². The molecule has 6 heteroatoms. The van der Waals surface area contributed by atoms with E-state index in [0.29, 0.717) is 31.6 Å². The number of carbonyl (C=O) groups is 2. The zero-order valence-electron chi connectivity index (χ0n) is 21.1. The molecule has 0 unspecified atom stereocenters. The Kier molecular flexibility index (Phi) is 10.5. The number of halogens is 1. The van der Waals surface area contributed by atoms with Crippen LogP contribution in [0.4, 0.5) is 4.39 Å². The molecular weight excluding hydrogens is 455 g/mol. The highest BCUT2D eigenvalue weighted by Gasteiger charge is 2.30. The Bertz CT molecular complexity index is 1100. The van der Waals surface area contributed by atoms with E-state index < -0.39 is 11.9 Å². The van der Waals surface area contributed by atoms with Gasteiger partial charge in [0.25, 0.3) is 0 Å². The number of amides is 2. The topological polar surface area (TPSA) is 58.6 Å². The molecule has 0 saturated heterocycles. The Hall–Kier alpha value is -3.67. The fourth-order valence-electron chi connectivity index (χ4n) is 3.92. The fourth-order valence-corrected chi connectivity index (χ4v) is 3.92. The van der Waals surface area contributed by atoms with Gasteiger partial charge in [0.05, 0.1) is 6.61 Å². The molecular formula is C30H35FN2O3. The van der Waals surface area contributed by atoms with Crippen molar-refractivity contribution in [2.75, 3.05) is 13.2 Å². The molecule has 3 aromatic carbocycles. The quantitative estimate of drug-likeness (QED) is 0.324. The molecule has 5 nitrogen and oxygen atoms in total. The molecule has 0 aliphatic heterocycles. The molecule has 2 amide bonds. The number of rotatable bonds is 13. The summed E-state index contributed by atoms with van der Waals surface area (Å²) < 4.78 is 20.3. The molecule has 3 rings (SSSR count). The first-order valence-electron chi connectivity index (χ1n) is 12.5. The maximum absolute atomic E-state index is 14.6. The second kappa shape index (κ2) is 14.0. The lowest BCUT2D eigenvalue weighted by Gasteiger charge is -2.31. The Balaban J connectivity index is 1.78. The van der Waals surface area contributed by atoms with Gasteiger partial charge in [-0.1, -0.05) is 73.2 Å². The van der Waals surface area contributed by atoms with E-state index in [1.807, 2.05) is 68.4 Å². The van der Waals surface area contributed by atoms with Crippen LogP contribution in [0.3, 0.4) is 0 Å². The van der Waals surface area contributed by atoms with E-state index in [1.165, 1.54) is 11.0 Å². The highest BCUT2D eigenvalue weighted by atomic mass is 19.1. The summed E-state index contributed by atoms with van der Waals surface area (Å²) in [5.74, 6) is -0.0952. The molecule has 0 spiro atoms. The van der Waals surface area contributed by atoms with Crippen molar-refractivity contribution in [3.8, 4) is 5.75 Å². The average molecular weight is 491 g/mol. The molecule has 0 aliphatic carbocycles. The van der Waals surface area contributed by atoms with Gasteiger partial charge in [0, 0.05) is 31.5 Å². The van der Waals surface area contributed by atoms with E-state index in [9.17, 15) is 14.0 Å². The lowest BCUT2D eigenvalue weighted by atomic mass is 10.0. The number of nitrogens with one attached hydrogen (secondary N) is 1. The summed E-state index contributed by atoms with van der Waals surface area (Å²) in [7, 11) is 0. The summed E-state index contributed by atoms with van der Waals surface area (Å²) in [6.07, 6.45) is 1.79. The van der Waals surface area contributed by atoms with Crippen molar-refractivity contribution < 1.29 is 18.7 Å². The maximum atomic E-state index is 14.6. The minimum absolute atomic E-state index is 0.0152. The monoisotopic (exact) mass is 490 g/mol. The molecule has 0 aliphatic rings. The predicted octanol–water partition coefficient (Wildman–Crippen LogP) is 5.46. The second-order valence-electron chi connectivity index (χ2n) is 8.87. The molecule has 0 fully saturated rings. The van der Waals surface area contributed by atoms with Gasteiger partial charge in [-0.25, -0.2) is 4.39 Å². The molecule has 1 N–H and O–H groups in total. The minimum Gasteiger partial charge on any atom is -0.494 e. The van der Waals surface area contributed by atoms with Crippen LogP contribution in [-0.4, -0.2) is 35.9 Å². The molecule has 0 bridgehead atoms. The lowest BCUT2D eigenvalue weighted by molar-refractivity contribution is -0.141. The predicted molar refractivity (Wildman–Crippen MR) is 140 cm³/mol. The SMILES string of the molecule is CCCNC(=O)[C@H](Cc1ccccc1)N(Cc1ccccc1F)C(=O)CCCOc1ccc(C)cc1. The molecule has 0 saturated carbocycles. The summed E-state index contributed by atoms with van der Waals surface area (Å²) in [4.78, 5) is 28.3. The smallest absolute Gasteiger partial charge is 0.243 e. The first kappa shape index (κ1) is 26.9. The van der Waals surface area contributed by atoms with Crippen LogP contribution in [0.25, 0.3) is 0 Å². The van der Waals surface area contributed by atoms with Crippen molar-refractivity contribution in [2.24, 2.45) is 0 Å².